The fourth-order valence-corrected chi connectivity index (χ4v) is 7.11. The molecule has 0 aromatic heterocycles. The first-order valence-corrected chi connectivity index (χ1v) is 9.20. The largest absolute Gasteiger partial charge is 0.299 e. The first-order chi connectivity index (χ1) is 10.3. The average Bonchev–Trinajstić information content (AvgIpc) is 2.74. The predicted octanol–water partition coefficient (Wildman–Crippen LogP) is 5.23. The quantitative estimate of drug-likeness (QED) is 0.598. The minimum absolute atomic E-state index is 0.0471. The molecule has 0 radical (unpaired) electrons. The summed E-state index contributed by atoms with van der Waals surface area (Å²) < 4.78 is 29.9. The Morgan fingerprint density at radius 2 is 1.77 bits per heavy atom. The van der Waals surface area contributed by atoms with Crippen molar-refractivity contribution in [3.63, 3.8) is 0 Å². The molecule has 4 aliphatic rings. The molecule has 1 nitrogen and oxygen atoms in total. The van der Waals surface area contributed by atoms with Crippen molar-refractivity contribution in [1.82, 2.24) is 0 Å². The van der Waals surface area contributed by atoms with Gasteiger partial charge in [-0.2, -0.15) is 0 Å². The van der Waals surface area contributed by atoms with Gasteiger partial charge in [0.05, 0.1) is 0 Å². The molecule has 4 aliphatic carbocycles. The summed E-state index contributed by atoms with van der Waals surface area (Å²) in [5.41, 5.74) is -0.493. The van der Waals surface area contributed by atoms with Gasteiger partial charge in [-0.05, 0) is 55.3 Å². The van der Waals surface area contributed by atoms with Crippen molar-refractivity contribution >= 4 is 5.78 Å². The Morgan fingerprint density at radius 3 is 2.55 bits per heavy atom. The van der Waals surface area contributed by atoms with Crippen LogP contribution in [0.3, 0.4) is 0 Å². The molecule has 0 spiro atoms. The fourth-order valence-electron chi connectivity index (χ4n) is 7.11. The van der Waals surface area contributed by atoms with E-state index in [-0.39, 0.29) is 29.1 Å². The highest BCUT2D eigenvalue weighted by Gasteiger charge is 2.66. The van der Waals surface area contributed by atoms with Gasteiger partial charge in [0.2, 0.25) is 0 Å². The summed E-state index contributed by atoms with van der Waals surface area (Å²) >= 11 is 0. The van der Waals surface area contributed by atoms with Crippen molar-refractivity contribution in [2.24, 2.45) is 34.5 Å². The third kappa shape index (κ3) is 1.77. The molecular formula is C19H28F2O. The van der Waals surface area contributed by atoms with Gasteiger partial charge >= 0.3 is 0 Å². The maximum Gasteiger partial charge on any atom is 0.251 e. The Labute approximate surface area is 132 Å². The molecule has 4 saturated carbocycles. The second kappa shape index (κ2) is 4.54. The van der Waals surface area contributed by atoms with E-state index in [1.165, 1.54) is 0 Å². The van der Waals surface area contributed by atoms with E-state index in [0.717, 1.165) is 38.5 Å². The molecule has 4 rings (SSSR count). The number of ketones is 1. The van der Waals surface area contributed by atoms with Gasteiger partial charge in [-0.1, -0.05) is 26.7 Å². The highest BCUT2D eigenvalue weighted by Crippen LogP contribution is 2.68. The number of carbonyl (C=O) groups excluding carboxylic acids is 1. The summed E-state index contributed by atoms with van der Waals surface area (Å²) in [6.07, 6.45) is 7.19. The number of fused-ring (bicyclic) bond motifs is 5. The molecule has 6 atom stereocenters. The van der Waals surface area contributed by atoms with Crippen molar-refractivity contribution < 1.29 is 13.6 Å². The lowest BCUT2D eigenvalue weighted by Crippen LogP contribution is -2.59. The zero-order valence-corrected chi connectivity index (χ0v) is 13.8. The van der Waals surface area contributed by atoms with Crippen LogP contribution < -0.4 is 0 Å². The fraction of sp³-hybridized carbons (Fsp3) is 0.947. The molecular weight excluding hydrogens is 282 g/mol. The SMILES string of the molecule is C[C@]12CCCC[C@@H]1C(F)(F)C[C@@H]1[C@@H]2CC[C@]2(C)C(=O)CC[C@@H]12. The van der Waals surface area contributed by atoms with Crippen LogP contribution in [0.5, 0.6) is 0 Å². The Morgan fingerprint density at radius 1 is 1.00 bits per heavy atom. The maximum atomic E-state index is 15.0. The Hall–Kier alpha value is -0.470. The lowest BCUT2D eigenvalue weighted by molar-refractivity contribution is -0.222. The molecule has 124 valence electrons. The number of rotatable bonds is 0. The van der Waals surface area contributed by atoms with Gasteiger partial charge in [-0.25, -0.2) is 8.78 Å². The first kappa shape index (κ1) is 15.1. The molecule has 0 heterocycles. The van der Waals surface area contributed by atoms with Gasteiger partial charge in [0.25, 0.3) is 5.92 Å². The van der Waals surface area contributed by atoms with Crippen molar-refractivity contribution in [1.29, 1.82) is 0 Å². The van der Waals surface area contributed by atoms with E-state index >= 15 is 0 Å². The molecule has 0 amide bonds. The minimum Gasteiger partial charge on any atom is -0.299 e. The number of Topliss-reactive ketones (excluding diaryl/α,β-unsaturated/α-hetero) is 1. The number of carbonyl (C=O) groups is 1. The highest BCUT2D eigenvalue weighted by atomic mass is 19.3. The summed E-state index contributed by atoms with van der Waals surface area (Å²) in [6, 6.07) is 0. The third-order valence-electron chi connectivity index (χ3n) is 8.27. The van der Waals surface area contributed by atoms with Gasteiger partial charge in [-0.3, -0.25) is 4.79 Å². The van der Waals surface area contributed by atoms with Gasteiger partial charge in [-0.15, -0.1) is 0 Å². The summed E-state index contributed by atoms with van der Waals surface area (Å²) in [5.74, 6) is -1.91. The van der Waals surface area contributed by atoms with Crippen LogP contribution in [0, 0.1) is 34.5 Å². The molecule has 0 saturated heterocycles. The zero-order chi connectivity index (χ0) is 15.8. The minimum atomic E-state index is -2.53. The van der Waals surface area contributed by atoms with Gasteiger partial charge < -0.3 is 0 Å². The van der Waals surface area contributed by atoms with E-state index in [1.54, 1.807) is 0 Å². The molecule has 4 fully saturated rings. The second-order valence-electron chi connectivity index (χ2n) is 9.06. The predicted molar refractivity (Wildman–Crippen MR) is 81.7 cm³/mol. The van der Waals surface area contributed by atoms with E-state index in [9.17, 15) is 13.6 Å². The van der Waals surface area contributed by atoms with Crippen LogP contribution in [-0.2, 0) is 4.79 Å². The number of alkyl halides is 2. The topological polar surface area (TPSA) is 17.1 Å². The van der Waals surface area contributed by atoms with Crippen molar-refractivity contribution in [2.75, 3.05) is 0 Å². The zero-order valence-electron chi connectivity index (χ0n) is 13.8. The van der Waals surface area contributed by atoms with Crippen molar-refractivity contribution in [2.45, 2.75) is 77.6 Å². The summed E-state index contributed by atoms with van der Waals surface area (Å²) in [7, 11) is 0. The molecule has 0 aliphatic heterocycles. The van der Waals surface area contributed by atoms with Crippen molar-refractivity contribution in [3.8, 4) is 0 Å². The van der Waals surface area contributed by atoms with E-state index < -0.39 is 11.8 Å². The van der Waals surface area contributed by atoms with Crippen LogP contribution in [0.2, 0.25) is 0 Å². The standard InChI is InChI=1S/C19H28F2O/c1-17-9-4-3-5-15(17)19(20,21)11-12-13-6-7-16(22)18(13,2)10-8-14(12)17/h12-15H,3-11H2,1-2H3/t12-,13-,14-,15-,17+,18-/m0/s1. The van der Waals surface area contributed by atoms with Gasteiger partial charge in [0.1, 0.15) is 5.78 Å². The van der Waals surface area contributed by atoms with E-state index in [2.05, 4.69) is 13.8 Å². The van der Waals surface area contributed by atoms with Crippen LogP contribution in [0.15, 0.2) is 0 Å². The Balaban J connectivity index is 1.74. The van der Waals surface area contributed by atoms with Crippen LogP contribution in [-0.4, -0.2) is 11.7 Å². The smallest absolute Gasteiger partial charge is 0.251 e. The molecule has 22 heavy (non-hydrogen) atoms. The summed E-state index contributed by atoms with van der Waals surface area (Å²) in [4.78, 5) is 12.3. The van der Waals surface area contributed by atoms with Crippen LogP contribution in [0.4, 0.5) is 8.78 Å². The molecule has 0 bridgehead atoms. The number of hydrogen-bond donors (Lipinski definition) is 0. The van der Waals surface area contributed by atoms with Crippen LogP contribution >= 0.6 is 0 Å². The Bertz CT molecular complexity index is 502. The monoisotopic (exact) mass is 310 g/mol. The maximum absolute atomic E-state index is 15.0. The lowest BCUT2D eigenvalue weighted by Gasteiger charge is -2.61. The third-order valence-corrected chi connectivity index (χ3v) is 8.27. The van der Waals surface area contributed by atoms with Gasteiger partial charge in [0.15, 0.2) is 0 Å². The van der Waals surface area contributed by atoms with E-state index in [0.29, 0.717) is 24.5 Å². The van der Waals surface area contributed by atoms with Crippen LogP contribution in [0.25, 0.3) is 0 Å². The van der Waals surface area contributed by atoms with E-state index in [4.69, 9.17) is 0 Å². The molecule has 0 aromatic rings. The Kier molecular flexibility index (Phi) is 3.11. The number of halogens is 2. The van der Waals surface area contributed by atoms with E-state index in [1.807, 2.05) is 0 Å². The van der Waals surface area contributed by atoms with Crippen LogP contribution in [0.1, 0.15) is 71.6 Å². The molecule has 0 aromatic carbocycles. The lowest BCUT2D eigenvalue weighted by atomic mass is 9.44. The average molecular weight is 310 g/mol. The number of hydrogen-bond acceptors (Lipinski definition) is 1. The van der Waals surface area contributed by atoms with Gasteiger partial charge in [0, 0.05) is 24.2 Å². The van der Waals surface area contributed by atoms with Crippen molar-refractivity contribution in [3.05, 3.63) is 0 Å². The molecule has 3 heteroatoms. The highest BCUT2D eigenvalue weighted by molar-refractivity contribution is 5.87. The normalized spacial score (nSPS) is 53.5. The molecule has 0 N–H and O–H groups in total. The summed E-state index contributed by atoms with van der Waals surface area (Å²) in [5, 5.41) is 0. The second-order valence-corrected chi connectivity index (χ2v) is 9.06. The summed E-state index contributed by atoms with van der Waals surface area (Å²) in [6.45, 7) is 4.22. The first-order valence-electron chi connectivity index (χ1n) is 9.20. The molecule has 0 unspecified atom stereocenters.